The number of hydrogen-bond donors (Lipinski definition) is 3. The van der Waals surface area contributed by atoms with Gasteiger partial charge in [0, 0.05) is 26.2 Å². The van der Waals surface area contributed by atoms with Crippen LogP contribution in [-0.2, 0) is 22.4 Å². The molecule has 182 valence electrons. The van der Waals surface area contributed by atoms with Gasteiger partial charge in [-0.15, -0.1) is 0 Å². The number of methoxy groups -OCH3 is 2. The zero-order chi connectivity index (χ0) is 24.5. The Morgan fingerprint density at radius 2 is 1.18 bits per heavy atom. The van der Waals surface area contributed by atoms with Crippen LogP contribution < -0.4 is 20.1 Å². The summed E-state index contributed by atoms with van der Waals surface area (Å²) in [5, 5.41) is 15.1. The Kier molecular flexibility index (Phi) is 8.73. The first kappa shape index (κ1) is 24.9. The summed E-state index contributed by atoms with van der Waals surface area (Å²) in [6.07, 6.45) is 0.0951. The Morgan fingerprint density at radius 3 is 1.50 bits per heavy atom. The molecule has 3 amide bonds. The van der Waals surface area contributed by atoms with Crippen molar-refractivity contribution in [1.29, 1.82) is 0 Å². The molecule has 1 aliphatic rings. The second kappa shape index (κ2) is 11.9. The number of rotatable bonds is 10. The lowest BCUT2D eigenvalue weighted by Gasteiger charge is -2.17. The minimum absolute atomic E-state index is 0.000267. The number of amides is 3. The molecule has 1 fully saturated rings. The molecule has 1 heterocycles. The normalized spacial score (nSPS) is 17.2. The van der Waals surface area contributed by atoms with E-state index in [-0.39, 0.29) is 24.9 Å². The fourth-order valence-electron chi connectivity index (χ4n) is 4.00. The zero-order valence-electron chi connectivity index (χ0n) is 19.5. The standard InChI is InChI=1S/C25H31N3O6/c1-33-19-7-3-17(4-8-19)11-13-26-23(29)21-15-28(25(31)32)16-22(21)24(30)27-14-12-18-5-9-20(34-2)10-6-18/h3-10,21-22H,11-16H2,1-2H3,(H,26,29)(H,27,30)(H,31,32)/t21-,22-/m1/s1. The first-order valence-electron chi connectivity index (χ1n) is 11.2. The van der Waals surface area contributed by atoms with Crippen molar-refractivity contribution >= 4 is 17.9 Å². The van der Waals surface area contributed by atoms with Crippen LogP contribution >= 0.6 is 0 Å². The number of carboxylic acid groups (broad SMARTS) is 1. The average Bonchev–Trinajstić information content (AvgIpc) is 3.31. The molecule has 0 bridgehead atoms. The maximum absolute atomic E-state index is 12.8. The lowest BCUT2D eigenvalue weighted by atomic mass is 9.94. The van der Waals surface area contributed by atoms with Crippen molar-refractivity contribution in [2.45, 2.75) is 12.8 Å². The maximum Gasteiger partial charge on any atom is 0.407 e. The molecule has 1 saturated heterocycles. The molecule has 0 aromatic heterocycles. The van der Waals surface area contributed by atoms with Crippen LogP contribution in [0.5, 0.6) is 11.5 Å². The van der Waals surface area contributed by atoms with Crippen LogP contribution in [0, 0.1) is 11.8 Å². The van der Waals surface area contributed by atoms with Crippen LogP contribution in [-0.4, -0.2) is 68.3 Å². The van der Waals surface area contributed by atoms with Crippen LogP contribution in [0.3, 0.4) is 0 Å². The summed E-state index contributed by atoms with van der Waals surface area (Å²) in [4.78, 5) is 38.3. The largest absolute Gasteiger partial charge is 0.497 e. The first-order chi connectivity index (χ1) is 16.4. The topological polar surface area (TPSA) is 117 Å². The van der Waals surface area contributed by atoms with E-state index in [1.807, 2.05) is 48.5 Å². The number of nitrogens with zero attached hydrogens (tertiary/aromatic N) is 1. The molecule has 9 nitrogen and oxygen atoms in total. The quantitative estimate of drug-likeness (QED) is 0.490. The van der Waals surface area contributed by atoms with Gasteiger partial charge in [-0.05, 0) is 48.2 Å². The smallest absolute Gasteiger partial charge is 0.407 e. The fraction of sp³-hybridized carbons (Fsp3) is 0.400. The molecule has 1 aliphatic heterocycles. The van der Waals surface area contributed by atoms with Gasteiger partial charge in [-0.25, -0.2) is 4.79 Å². The molecular weight excluding hydrogens is 438 g/mol. The Labute approximate surface area is 199 Å². The molecule has 0 spiro atoms. The summed E-state index contributed by atoms with van der Waals surface area (Å²) in [5.74, 6) is -0.567. The van der Waals surface area contributed by atoms with Gasteiger partial charge < -0.3 is 30.1 Å². The zero-order valence-corrected chi connectivity index (χ0v) is 19.5. The van der Waals surface area contributed by atoms with Crippen molar-refractivity contribution in [2.75, 3.05) is 40.4 Å². The van der Waals surface area contributed by atoms with Gasteiger partial charge in [-0.1, -0.05) is 24.3 Å². The lowest BCUT2D eigenvalue weighted by molar-refractivity contribution is -0.132. The Bertz CT molecular complexity index is 904. The van der Waals surface area contributed by atoms with Crippen molar-refractivity contribution in [1.82, 2.24) is 15.5 Å². The van der Waals surface area contributed by atoms with E-state index in [4.69, 9.17) is 9.47 Å². The Hall–Kier alpha value is -3.75. The highest BCUT2D eigenvalue weighted by Crippen LogP contribution is 2.24. The Balaban J connectivity index is 1.52. The third kappa shape index (κ3) is 6.63. The van der Waals surface area contributed by atoms with E-state index >= 15 is 0 Å². The molecule has 0 saturated carbocycles. The van der Waals surface area contributed by atoms with Crippen molar-refractivity contribution in [2.24, 2.45) is 11.8 Å². The van der Waals surface area contributed by atoms with E-state index in [1.54, 1.807) is 14.2 Å². The van der Waals surface area contributed by atoms with Gasteiger partial charge in [0.1, 0.15) is 11.5 Å². The molecule has 3 N–H and O–H groups in total. The second-order valence-electron chi connectivity index (χ2n) is 8.18. The minimum atomic E-state index is -1.13. The number of carbonyl (C=O) groups is 3. The second-order valence-corrected chi connectivity index (χ2v) is 8.18. The summed E-state index contributed by atoms with van der Waals surface area (Å²) in [7, 11) is 3.20. The number of nitrogens with one attached hydrogen (secondary N) is 2. The van der Waals surface area contributed by atoms with Gasteiger partial charge in [0.05, 0.1) is 26.1 Å². The number of likely N-dealkylation sites (tertiary alicyclic amines) is 1. The predicted molar refractivity (Wildman–Crippen MR) is 126 cm³/mol. The number of benzene rings is 2. The van der Waals surface area contributed by atoms with Crippen LogP contribution in [0.15, 0.2) is 48.5 Å². The predicted octanol–water partition coefficient (Wildman–Crippen LogP) is 1.95. The maximum atomic E-state index is 12.8. The molecule has 0 aliphatic carbocycles. The molecule has 9 heteroatoms. The molecule has 2 atom stereocenters. The molecule has 2 aromatic carbocycles. The van der Waals surface area contributed by atoms with E-state index in [2.05, 4.69) is 10.6 Å². The molecular formula is C25H31N3O6. The number of carbonyl (C=O) groups excluding carboxylic acids is 2. The molecule has 2 aromatic rings. The van der Waals surface area contributed by atoms with Crippen LogP contribution in [0.4, 0.5) is 4.79 Å². The van der Waals surface area contributed by atoms with Crippen molar-refractivity contribution in [3.63, 3.8) is 0 Å². The highest BCUT2D eigenvalue weighted by atomic mass is 16.5. The SMILES string of the molecule is COc1ccc(CCNC(=O)[C@@H]2CN(C(=O)O)C[C@H]2C(=O)NCCc2ccc(OC)cc2)cc1. The summed E-state index contributed by atoms with van der Waals surface area (Å²) < 4.78 is 10.3. The summed E-state index contributed by atoms with van der Waals surface area (Å²) in [5.41, 5.74) is 2.07. The highest BCUT2D eigenvalue weighted by Gasteiger charge is 2.43. The van der Waals surface area contributed by atoms with E-state index in [1.165, 1.54) is 0 Å². The number of hydrogen-bond acceptors (Lipinski definition) is 5. The summed E-state index contributed by atoms with van der Waals surface area (Å²) in [6.45, 7) is 0.779. The van der Waals surface area contributed by atoms with Gasteiger partial charge in [0.25, 0.3) is 0 Å². The summed E-state index contributed by atoms with van der Waals surface area (Å²) >= 11 is 0. The number of ether oxygens (including phenoxy) is 2. The first-order valence-corrected chi connectivity index (χ1v) is 11.2. The van der Waals surface area contributed by atoms with Crippen LogP contribution in [0.2, 0.25) is 0 Å². The van der Waals surface area contributed by atoms with Gasteiger partial charge in [0.15, 0.2) is 0 Å². The van der Waals surface area contributed by atoms with Crippen molar-refractivity contribution in [3.8, 4) is 11.5 Å². The van der Waals surface area contributed by atoms with Gasteiger partial charge >= 0.3 is 6.09 Å². The van der Waals surface area contributed by atoms with E-state index in [0.717, 1.165) is 27.5 Å². The third-order valence-corrected chi connectivity index (χ3v) is 6.01. The Morgan fingerprint density at radius 1 is 0.794 bits per heavy atom. The van der Waals surface area contributed by atoms with Crippen LogP contribution in [0.25, 0.3) is 0 Å². The molecule has 0 unspecified atom stereocenters. The van der Waals surface area contributed by atoms with Gasteiger partial charge in [0.2, 0.25) is 11.8 Å². The van der Waals surface area contributed by atoms with E-state index in [9.17, 15) is 19.5 Å². The van der Waals surface area contributed by atoms with Crippen molar-refractivity contribution in [3.05, 3.63) is 59.7 Å². The van der Waals surface area contributed by atoms with Gasteiger partial charge in [-0.2, -0.15) is 0 Å². The fourth-order valence-corrected chi connectivity index (χ4v) is 4.00. The monoisotopic (exact) mass is 469 g/mol. The van der Waals surface area contributed by atoms with Crippen molar-refractivity contribution < 1.29 is 29.0 Å². The lowest BCUT2D eigenvalue weighted by Crippen LogP contribution is -2.42. The third-order valence-electron chi connectivity index (χ3n) is 6.01. The molecule has 3 rings (SSSR count). The summed E-state index contributed by atoms with van der Waals surface area (Å²) in [6, 6.07) is 15.1. The average molecular weight is 470 g/mol. The van der Waals surface area contributed by atoms with Crippen LogP contribution in [0.1, 0.15) is 11.1 Å². The molecule has 0 radical (unpaired) electrons. The van der Waals surface area contributed by atoms with E-state index in [0.29, 0.717) is 25.9 Å². The highest BCUT2D eigenvalue weighted by molar-refractivity contribution is 5.89. The molecule has 34 heavy (non-hydrogen) atoms. The van der Waals surface area contributed by atoms with E-state index < -0.39 is 17.9 Å². The minimum Gasteiger partial charge on any atom is -0.497 e. The van der Waals surface area contributed by atoms with Gasteiger partial charge in [-0.3, -0.25) is 9.59 Å².